The van der Waals surface area contributed by atoms with E-state index in [4.69, 9.17) is 4.52 Å². The Morgan fingerprint density at radius 2 is 2.33 bits per heavy atom. The molecular weight excluding hydrogens is 230 g/mol. The van der Waals surface area contributed by atoms with Gasteiger partial charge in [0, 0.05) is 12.6 Å². The molecule has 0 saturated heterocycles. The van der Waals surface area contributed by atoms with Crippen molar-refractivity contribution in [3.05, 3.63) is 17.5 Å². The zero-order valence-electron chi connectivity index (χ0n) is 11.0. The van der Waals surface area contributed by atoms with Crippen molar-refractivity contribution in [2.24, 2.45) is 11.8 Å². The highest BCUT2D eigenvalue weighted by atomic mass is 16.5. The van der Waals surface area contributed by atoms with Crippen LogP contribution in [0, 0.1) is 11.8 Å². The molecule has 2 rings (SSSR count). The molecule has 1 saturated carbocycles. The van der Waals surface area contributed by atoms with E-state index in [0.717, 1.165) is 13.1 Å². The van der Waals surface area contributed by atoms with Gasteiger partial charge in [-0.15, -0.1) is 0 Å². The normalized spacial score (nSPS) is 15.1. The van der Waals surface area contributed by atoms with Gasteiger partial charge in [-0.25, -0.2) is 0 Å². The highest BCUT2D eigenvalue weighted by Gasteiger charge is 2.22. The molecule has 0 radical (unpaired) electrons. The van der Waals surface area contributed by atoms with Crippen LogP contribution in [-0.4, -0.2) is 24.2 Å². The van der Waals surface area contributed by atoms with Gasteiger partial charge < -0.3 is 15.2 Å². The van der Waals surface area contributed by atoms with Crippen molar-refractivity contribution < 1.29 is 9.32 Å². The molecule has 0 bridgehead atoms. The van der Waals surface area contributed by atoms with E-state index in [2.05, 4.69) is 29.6 Å². The molecule has 18 heavy (non-hydrogen) atoms. The van der Waals surface area contributed by atoms with Crippen LogP contribution >= 0.6 is 0 Å². The molecule has 0 unspecified atom stereocenters. The Kier molecular flexibility index (Phi) is 4.36. The first-order valence-corrected chi connectivity index (χ1v) is 6.59. The van der Waals surface area contributed by atoms with Crippen LogP contribution in [-0.2, 0) is 6.54 Å². The largest absolute Gasteiger partial charge is 0.359 e. The van der Waals surface area contributed by atoms with E-state index in [1.807, 2.05) is 0 Å². The van der Waals surface area contributed by atoms with Crippen molar-refractivity contribution in [3.8, 4) is 0 Å². The van der Waals surface area contributed by atoms with Gasteiger partial charge in [-0.05, 0) is 31.2 Å². The first-order valence-electron chi connectivity index (χ1n) is 6.59. The zero-order valence-corrected chi connectivity index (χ0v) is 11.0. The molecule has 0 aromatic carbocycles. The van der Waals surface area contributed by atoms with Gasteiger partial charge in [0.1, 0.15) is 0 Å². The Labute approximate surface area is 107 Å². The number of hydrogen-bond donors (Lipinski definition) is 2. The molecule has 5 nitrogen and oxygen atoms in total. The standard InChI is InChI=1S/C13H21N3O2/c1-9(2)6-14-8-11-5-12(16-18-11)13(17)15-7-10-3-4-10/h5,9-10,14H,3-4,6-8H2,1-2H3,(H,15,17). The van der Waals surface area contributed by atoms with Gasteiger partial charge in [-0.3, -0.25) is 4.79 Å². The molecule has 1 aliphatic rings. The number of aromatic nitrogens is 1. The molecule has 2 N–H and O–H groups in total. The third kappa shape index (κ3) is 4.14. The van der Waals surface area contributed by atoms with Crippen LogP contribution in [0.15, 0.2) is 10.6 Å². The molecule has 1 fully saturated rings. The van der Waals surface area contributed by atoms with E-state index in [1.165, 1.54) is 12.8 Å². The van der Waals surface area contributed by atoms with Crippen LogP contribution in [0.5, 0.6) is 0 Å². The topological polar surface area (TPSA) is 67.2 Å². The van der Waals surface area contributed by atoms with Gasteiger partial charge >= 0.3 is 0 Å². The van der Waals surface area contributed by atoms with Crippen LogP contribution < -0.4 is 10.6 Å². The maximum Gasteiger partial charge on any atom is 0.273 e. The summed E-state index contributed by atoms with van der Waals surface area (Å²) in [6.07, 6.45) is 2.45. The quantitative estimate of drug-likeness (QED) is 0.771. The molecule has 5 heteroatoms. The molecular formula is C13H21N3O2. The fourth-order valence-electron chi connectivity index (χ4n) is 1.64. The molecule has 0 atom stereocenters. The minimum absolute atomic E-state index is 0.138. The molecule has 1 aromatic heterocycles. The molecule has 1 aliphatic carbocycles. The molecule has 0 spiro atoms. The van der Waals surface area contributed by atoms with E-state index in [1.54, 1.807) is 6.07 Å². The van der Waals surface area contributed by atoms with Crippen molar-refractivity contribution in [2.75, 3.05) is 13.1 Å². The summed E-state index contributed by atoms with van der Waals surface area (Å²) in [6, 6.07) is 1.70. The zero-order chi connectivity index (χ0) is 13.0. The minimum Gasteiger partial charge on any atom is -0.359 e. The molecule has 0 aliphatic heterocycles. The third-order valence-electron chi connectivity index (χ3n) is 2.89. The van der Waals surface area contributed by atoms with Crippen molar-refractivity contribution >= 4 is 5.91 Å². The Balaban J connectivity index is 1.75. The fraction of sp³-hybridized carbons (Fsp3) is 0.692. The second-order valence-electron chi connectivity index (χ2n) is 5.36. The molecule has 1 amide bonds. The summed E-state index contributed by atoms with van der Waals surface area (Å²) in [5, 5.41) is 9.90. The Morgan fingerprint density at radius 3 is 3.00 bits per heavy atom. The Bertz CT molecular complexity index is 397. The van der Waals surface area contributed by atoms with Crippen LogP contribution in [0.2, 0.25) is 0 Å². The average molecular weight is 251 g/mol. The lowest BCUT2D eigenvalue weighted by molar-refractivity contribution is 0.0942. The van der Waals surface area contributed by atoms with Crippen molar-refractivity contribution in [3.63, 3.8) is 0 Å². The van der Waals surface area contributed by atoms with Gasteiger partial charge in [-0.1, -0.05) is 19.0 Å². The summed E-state index contributed by atoms with van der Waals surface area (Å²) in [4.78, 5) is 11.7. The highest BCUT2D eigenvalue weighted by Crippen LogP contribution is 2.27. The summed E-state index contributed by atoms with van der Waals surface area (Å²) in [5.41, 5.74) is 0.372. The summed E-state index contributed by atoms with van der Waals surface area (Å²) in [6.45, 7) is 6.58. The maximum atomic E-state index is 11.7. The van der Waals surface area contributed by atoms with Crippen molar-refractivity contribution in [1.82, 2.24) is 15.8 Å². The third-order valence-corrected chi connectivity index (χ3v) is 2.89. The summed E-state index contributed by atoms with van der Waals surface area (Å²) < 4.78 is 5.12. The van der Waals surface area contributed by atoms with E-state index < -0.39 is 0 Å². The number of carbonyl (C=O) groups excluding carboxylic acids is 1. The van der Waals surface area contributed by atoms with E-state index in [9.17, 15) is 4.79 Å². The van der Waals surface area contributed by atoms with E-state index in [-0.39, 0.29) is 5.91 Å². The first kappa shape index (κ1) is 13.1. The second-order valence-corrected chi connectivity index (χ2v) is 5.36. The Hall–Kier alpha value is -1.36. The maximum absolute atomic E-state index is 11.7. The first-order chi connectivity index (χ1) is 8.65. The average Bonchev–Trinajstić information content (AvgIpc) is 3.04. The van der Waals surface area contributed by atoms with E-state index in [0.29, 0.717) is 29.8 Å². The van der Waals surface area contributed by atoms with Crippen molar-refractivity contribution in [1.29, 1.82) is 0 Å². The summed E-state index contributed by atoms with van der Waals surface area (Å²) in [7, 11) is 0. The number of nitrogens with one attached hydrogen (secondary N) is 2. The predicted octanol–water partition coefficient (Wildman–Crippen LogP) is 1.56. The molecule has 1 heterocycles. The lowest BCUT2D eigenvalue weighted by atomic mass is 10.2. The minimum atomic E-state index is -0.138. The number of hydrogen-bond acceptors (Lipinski definition) is 4. The lowest BCUT2D eigenvalue weighted by Gasteiger charge is -2.03. The van der Waals surface area contributed by atoms with Crippen LogP contribution in [0.1, 0.15) is 42.9 Å². The number of carbonyl (C=O) groups is 1. The SMILES string of the molecule is CC(C)CNCc1cc(C(=O)NCC2CC2)no1. The fourth-order valence-corrected chi connectivity index (χ4v) is 1.64. The smallest absolute Gasteiger partial charge is 0.273 e. The van der Waals surface area contributed by atoms with Gasteiger partial charge in [-0.2, -0.15) is 0 Å². The van der Waals surface area contributed by atoms with Crippen molar-refractivity contribution in [2.45, 2.75) is 33.2 Å². The molecule has 100 valence electrons. The number of rotatable bonds is 7. The predicted molar refractivity (Wildman–Crippen MR) is 68.1 cm³/mol. The van der Waals surface area contributed by atoms with Crippen LogP contribution in [0.4, 0.5) is 0 Å². The summed E-state index contributed by atoms with van der Waals surface area (Å²) in [5.74, 6) is 1.83. The highest BCUT2D eigenvalue weighted by molar-refractivity contribution is 5.92. The van der Waals surface area contributed by atoms with Gasteiger partial charge in [0.2, 0.25) is 0 Å². The van der Waals surface area contributed by atoms with Gasteiger partial charge in [0.05, 0.1) is 6.54 Å². The van der Waals surface area contributed by atoms with E-state index >= 15 is 0 Å². The van der Waals surface area contributed by atoms with Crippen LogP contribution in [0.25, 0.3) is 0 Å². The molecule has 1 aromatic rings. The lowest BCUT2D eigenvalue weighted by Crippen LogP contribution is -2.25. The Morgan fingerprint density at radius 1 is 1.56 bits per heavy atom. The number of nitrogens with zero attached hydrogens (tertiary/aromatic N) is 1. The number of amides is 1. The second kappa shape index (κ2) is 6.00. The van der Waals surface area contributed by atoms with Gasteiger partial charge in [0.25, 0.3) is 5.91 Å². The summed E-state index contributed by atoms with van der Waals surface area (Å²) >= 11 is 0. The monoisotopic (exact) mass is 251 g/mol. The van der Waals surface area contributed by atoms with Crippen LogP contribution in [0.3, 0.4) is 0 Å². The van der Waals surface area contributed by atoms with Gasteiger partial charge in [0.15, 0.2) is 11.5 Å².